The number of piperidine rings is 1. The predicted molar refractivity (Wildman–Crippen MR) is 135 cm³/mol. The molecule has 0 bridgehead atoms. The fourth-order valence-electron chi connectivity index (χ4n) is 4.05. The number of thiazole rings is 1. The van der Waals surface area contributed by atoms with Gasteiger partial charge < -0.3 is 20.4 Å². The smallest absolute Gasteiger partial charge is 0.280 e. The van der Waals surface area contributed by atoms with Crippen molar-refractivity contribution >= 4 is 59.6 Å². The molecule has 8 nitrogen and oxygen atoms in total. The summed E-state index contributed by atoms with van der Waals surface area (Å²) in [7, 11) is 2.02. The molecule has 2 aliphatic heterocycles. The van der Waals surface area contributed by atoms with Gasteiger partial charge in [0.15, 0.2) is 10.8 Å². The number of nitrogens with zero attached hydrogens (tertiary/aromatic N) is 3. The van der Waals surface area contributed by atoms with Crippen LogP contribution in [0.4, 0.5) is 4.39 Å². The molecule has 2 N–H and O–H groups in total. The Morgan fingerprint density at radius 3 is 2.66 bits per heavy atom. The number of likely N-dealkylation sites (tertiary alicyclic amines) is 1. The van der Waals surface area contributed by atoms with Crippen LogP contribution in [0, 0.1) is 0 Å². The normalized spacial score (nSPS) is 20.4. The Morgan fingerprint density at radius 1 is 1.20 bits per heavy atom. The van der Waals surface area contributed by atoms with Crippen molar-refractivity contribution in [2.75, 3.05) is 26.7 Å². The zero-order valence-corrected chi connectivity index (χ0v) is 21.4. The highest BCUT2D eigenvalue weighted by atomic mass is 35.5. The second kappa shape index (κ2) is 11.9. The van der Waals surface area contributed by atoms with Gasteiger partial charge in [-0.25, -0.2) is 9.37 Å². The third-order valence-corrected chi connectivity index (χ3v) is 7.26. The van der Waals surface area contributed by atoms with E-state index < -0.39 is 23.8 Å². The van der Waals surface area contributed by atoms with Crippen LogP contribution in [0.5, 0.6) is 0 Å². The quantitative estimate of drug-likeness (QED) is 0.433. The van der Waals surface area contributed by atoms with Crippen molar-refractivity contribution in [1.29, 1.82) is 0 Å². The number of hydrogen-bond donors (Lipinski definition) is 2. The van der Waals surface area contributed by atoms with Gasteiger partial charge >= 0.3 is 0 Å². The maximum atomic E-state index is 14.5. The van der Waals surface area contributed by atoms with Crippen LogP contribution >= 0.6 is 35.3 Å². The van der Waals surface area contributed by atoms with Crippen molar-refractivity contribution in [1.82, 2.24) is 25.4 Å². The first kappa shape index (κ1) is 27.1. The van der Waals surface area contributed by atoms with Crippen LogP contribution in [-0.4, -0.2) is 71.8 Å². The van der Waals surface area contributed by atoms with Gasteiger partial charge in [-0.1, -0.05) is 23.7 Å². The summed E-state index contributed by atoms with van der Waals surface area (Å²) in [5.41, 5.74) is 1.43. The van der Waals surface area contributed by atoms with Crippen molar-refractivity contribution in [2.45, 2.75) is 31.5 Å². The number of carbonyl (C=O) groups excluding carboxylic acids is 3. The van der Waals surface area contributed by atoms with Gasteiger partial charge in [0, 0.05) is 42.5 Å². The lowest BCUT2D eigenvalue weighted by Crippen LogP contribution is -2.60. The first-order valence-corrected chi connectivity index (χ1v) is 12.1. The number of benzene rings is 1. The van der Waals surface area contributed by atoms with E-state index in [0.29, 0.717) is 35.0 Å². The molecule has 0 spiro atoms. The number of likely N-dealkylation sites (N-methyl/N-ethyl adjacent to an activating group) is 1. The van der Waals surface area contributed by atoms with Crippen molar-refractivity contribution in [2.24, 2.45) is 0 Å². The molecular weight excluding hydrogens is 516 g/mol. The number of aromatic nitrogens is 1. The molecule has 0 aliphatic carbocycles. The van der Waals surface area contributed by atoms with E-state index >= 15 is 0 Å². The summed E-state index contributed by atoms with van der Waals surface area (Å²) in [6, 6.07) is 5.29. The Kier molecular flexibility index (Phi) is 9.23. The van der Waals surface area contributed by atoms with Crippen LogP contribution in [0.3, 0.4) is 0 Å². The zero-order valence-electron chi connectivity index (χ0n) is 19.0. The lowest BCUT2D eigenvalue weighted by Gasteiger charge is -2.37. The predicted octanol–water partition coefficient (Wildman–Crippen LogP) is 2.66. The Balaban J connectivity index is 0.00000342. The van der Waals surface area contributed by atoms with Gasteiger partial charge in [0.05, 0.1) is 17.8 Å². The molecule has 3 heterocycles. The third-order valence-electron chi connectivity index (χ3n) is 5.92. The van der Waals surface area contributed by atoms with Gasteiger partial charge in [-0.3, -0.25) is 14.4 Å². The largest absolute Gasteiger partial charge is 0.345 e. The average Bonchev–Trinajstić information content (AvgIpc) is 3.25. The van der Waals surface area contributed by atoms with Crippen molar-refractivity contribution < 1.29 is 18.8 Å². The lowest BCUT2D eigenvalue weighted by atomic mass is 9.99. The SMILES string of the molecule is CN1CCc2nc(C(=O)N[C@@H]3CN(C=O)CC[C@@H]3NC(=O)/C(F)=C\c3ccc(Cl)cc3)sc2C1.Cl. The fraction of sp³-hybridized carbons (Fsp3) is 0.391. The molecule has 188 valence electrons. The summed E-state index contributed by atoms with van der Waals surface area (Å²) in [6.45, 7) is 2.23. The maximum absolute atomic E-state index is 14.5. The van der Waals surface area contributed by atoms with Gasteiger partial charge in [0.25, 0.3) is 11.8 Å². The summed E-state index contributed by atoms with van der Waals surface area (Å²) in [4.78, 5) is 46.0. The van der Waals surface area contributed by atoms with Gasteiger partial charge in [0.2, 0.25) is 6.41 Å². The van der Waals surface area contributed by atoms with E-state index in [9.17, 15) is 18.8 Å². The number of nitrogens with one attached hydrogen (secondary N) is 2. The summed E-state index contributed by atoms with van der Waals surface area (Å²) < 4.78 is 14.5. The summed E-state index contributed by atoms with van der Waals surface area (Å²) in [5.74, 6) is -2.20. The lowest BCUT2D eigenvalue weighted by molar-refractivity contribution is -0.121. The van der Waals surface area contributed by atoms with Crippen LogP contribution in [0.1, 0.15) is 32.4 Å². The fourth-order valence-corrected chi connectivity index (χ4v) is 5.27. The molecule has 2 aromatic rings. The third kappa shape index (κ3) is 6.78. The monoisotopic (exact) mass is 541 g/mol. The molecule has 12 heteroatoms. The van der Waals surface area contributed by atoms with Crippen molar-refractivity contribution in [3.63, 3.8) is 0 Å². The molecule has 1 saturated heterocycles. The molecule has 0 saturated carbocycles. The summed E-state index contributed by atoms with van der Waals surface area (Å²) in [6.07, 6.45) is 2.99. The van der Waals surface area contributed by atoms with Crippen LogP contribution in [0.15, 0.2) is 30.1 Å². The van der Waals surface area contributed by atoms with Crippen molar-refractivity contribution in [3.8, 4) is 0 Å². The molecule has 2 aliphatic rings. The van der Waals surface area contributed by atoms with E-state index in [1.165, 1.54) is 16.2 Å². The van der Waals surface area contributed by atoms with E-state index in [4.69, 9.17) is 11.6 Å². The van der Waals surface area contributed by atoms with E-state index in [-0.39, 0.29) is 24.9 Å². The van der Waals surface area contributed by atoms with Crippen LogP contribution in [0.25, 0.3) is 6.08 Å². The first-order valence-electron chi connectivity index (χ1n) is 10.9. The number of fused-ring (bicyclic) bond motifs is 1. The molecule has 3 amide bonds. The number of hydrogen-bond acceptors (Lipinski definition) is 6. The summed E-state index contributed by atoms with van der Waals surface area (Å²) in [5, 5.41) is 6.42. The minimum absolute atomic E-state index is 0. The summed E-state index contributed by atoms with van der Waals surface area (Å²) >= 11 is 7.19. The first-order chi connectivity index (χ1) is 16.3. The van der Waals surface area contributed by atoms with E-state index in [1.54, 1.807) is 24.3 Å². The molecule has 4 rings (SSSR count). The van der Waals surface area contributed by atoms with Crippen LogP contribution in [0.2, 0.25) is 5.02 Å². The van der Waals surface area contributed by atoms with Gasteiger partial charge in [-0.2, -0.15) is 0 Å². The Labute approximate surface area is 217 Å². The second-order valence-corrected chi connectivity index (χ2v) is 9.99. The van der Waals surface area contributed by atoms with E-state index in [0.717, 1.165) is 36.2 Å². The number of rotatable bonds is 6. The van der Waals surface area contributed by atoms with E-state index in [2.05, 4.69) is 20.5 Å². The molecular formula is C23H26Cl2FN5O3S. The highest BCUT2D eigenvalue weighted by Gasteiger charge is 2.33. The molecule has 2 atom stereocenters. The number of halogens is 3. The average molecular weight is 542 g/mol. The van der Waals surface area contributed by atoms with Gasteiger partial charge in [-0.05, 0) is 37.2 Å². The minimum Gasteiger partial charge on any atom is -0.345 e. The Hall–Kier alpha value is -2.53. The second-order valence-electron chi connectivity index (χ2n) is 8.47. The molecule has 0 radical (unpaired) electrons. The molecule has 35 heavy (non-hydrogen) atoms. The molecule has 1 aromatic heterocycles. The molecule has 1 fully saturated rings. The standard InChI is InChI=1S/C23H25ClFN5O3S.ClH/c1-29-8-6-18-20(12-29)34-23(28-18)22(33)27-19-11-30(13-31)9-7-17(19)26-21(32)16(25)10-14-2-4-15(24)5-3-14;/h2-5,10,13,17,19H,6-9,11-12H2,1H3,(H,26,32)(H,27,33);1H/b16-10+;/t17-,19+;/m0./s1. The highest BCUT2D eigenvalue weighted by Crippen LogP contribution is 2.25. The van der Waals surface area contributed by atoms with Crippen LogP contribution in [-0.2, 0) is 22.6 Å². The number of amides is 3. The highest BCUT2D eigenvalue weighted by molar-refractivity contribution is 7.13. The Morgan fingerprint density at radius 2 is 1.94 bits per heavy atom. The number of carbonyl (C=O) groups is 3. The van der Waals surface area contributed by atoms with Gasteiger partial charge in [0.1, 0.15) is 0 Å². The van der Waals surface area contributed by atoms with E-state index in [1.807, 2.05) is 7.05 Å². The Bertz CT molecular complexity index is 1110. The molecule has 1 aromatic carbocycles. The maximum Gasteiger partial charge on any atom is 0.280 e. The van der Waals surface area contributed by atoms with Crippen molar-refractivity contribution in [3.05, 3.63) is 56.3 Å². The molecule has 0 unspecified atom stereocenters. The zero-order chi connectivity index (χ0) is 24.2. The topological polar surface area (TPSA) is 94.6 Å². The minimum atomic E-state index is -0.957. The van der Waals surface area contributed by atoms with Crippen LogP contribution < -0.4 is 10.6 Å². The van der Waals surface area contributed by atoms with Gasteiger partial charge in [-0.15, -0.1) is 23.7 Å².